The van der Waals surface area contributed by atoms with Gasteiger partial charge in [-0.05, 0) is 43.2 Å². The van der Waals surface area contributed by atoms with E-state index in [-0.39, 0.29) is 5.78 Å². The summed E-state index contributed by atoms with van der Waals surface area (Å²) < 4.78 is 5.04. The molecule has 1 aromatic carbocycles. The van der Waals surface area contributed by atoms with E-state index >= 15 is 0 Å². The van der Waals surface area contributed by atoms with E-state index in [9.17, 15) is 4.79 Å². The highest BCUT2D eigenvalue weighted by Gasteiger charge is 2.09. The van der Waals surface area contributed by atoms with Crippen molar-refractivity contribution in [1.82, 2.24) is 0 Å². The summed E-state index contributed by atoms with van der Waals surface area (Å²) >= 11 is 0. The molecule has 0 saturated heterocycles. The molecule has 0 N–H and O–H groups in total. The SMILES string of the molecule is C/C=C(/CC)C(=O)c1ccc(OC)cc1. The molecule has 2 nitrogen and oxygen atoms in total. The number of allylic oxidation sites excluding steroid dienone is 2. The molecule has 0 aromatic heterocycles. The predicted octanol–water partition coefficient (Wildman–Crippen LogP) is 3.23. The van der Waals surface area contributed by atoms with E-state index in [1.807, 2.05) is 19.9 Å². The van der Waals surface area contributed by atoms with Crippen LogP contribution in [0.4, 0.5) is 0 Å². The third-order valence-electron chi connectivity index (χ3n) is 2.37. The number of methoxy groups -OCH3 is 1. The number of hydrogen-bond donors (Lipinski definition) is 0. The van der Waals surface area contributed by atoms with Crippen molar-refractivity contribution < 1.29 is 9.53 Å². The quantitative estimate of drug-likeness (QED) is 0.556. The van der Waals surface area contributed by atoms with Crippen molar-refractivity contribution in [2.24, 2.45) is 0 Å². The zero-order chi connectivity index (χ0) is 11.3. The van der Waals surface area contributed by atoms with Gasteiger partial charge in [-0.25, -0.2) is 0 Å². The van der Waals surface area contributed by atoms with Crippen molar-refractivity contribution in [3.8, 4) is 5.75 Å². The first-order valence-corrected chi connectivity index (χ1v) is 5.06. The lowest BCUT2D eigenvalue weighted by atomic mass is 10.0. The molecule has 0 unspecified atom stereocenters. The van der Waals surface area contributed by atoms with Crippen LogP contribution in [0.5, 0.6) is 5.75 Å². The maximum Gasteiger partial charge on any atom is 0.188 e. The fourth-order valence-corrected chi connectivity index (χ4v) is 1.42. The van der Waals surface area contributed by atoms with E-state index in [2.05, 4.69) is 0 Å². The molecule has 0 fully saturated rings. The molecule has 0 bridgehead atoms. The molecule has 0 radical (unpaired) electrons. The molecule has 0 spiro atoms. The molecule has 0 saturated carbocycles. The second-order valence-corrected chi connectivity index (χ2v) is 3.23. The molecule has 1 aromatic rings. The summed E-state index contributed by atoms with van der Waals surface area (Å²) in [5.41, 5.74) is 1.56. The molecule has 0 atom stereocenters. The number of ether oxygens (including phenoxy) is 1. The third-order valence-corrected chi connectivity index (χ3v) is 2.37. The van der Waals surface area contributed by atoms with E-state index < -0.39 is 0 Å². The Balaban J connectivity index is 2.92. The Kier molecular flexibility index (Phi) is 4.10. The number of carbonyl (C=O) groups is 1. The van der Waals surface area contributed by atoms with Crippen molar-refractivity contribution in [3.05, 3.63) is 41.5 Å². The fourth-order valence-electron chi connectivity index (χ4n) is 1.42. The summed E-state index contributed by atoms with van der Waals surface area (Å²) in [5, 5.41) is 0. The smallest absolute Gasteiger partial charge is 0.188 e. The Morgan fingerprint density at radius 1 is 1.33 bits per heavy atom. The summed E-state index contributed by atoms with van der Waals surface area (Å²) in [6.45, 7) is 3.87. The monoisotopic (exact) mass is 204 g/mol. The van der Waals surface area contributed by atoms with E-state index in [4.69, 9.17) is 4.74 Å². The van der Waals surface area contributed by atoms with Gasteiger partial charge in [-0.3, -0.25) is 4.79 Å². The lowest BCUT2D eigenvalue weighted by Crippen LogP contribution is -2.02. The highest BCUT2D eigenvalue weighted by atomic mass is 16.5. The van der Waals surface area contributed by atoms with Crippen LogP contribution in [0.15, 0.2) is 35.9 Å². The average Bonchev–Trinajstić information content (AvgIpc) is 2.30. The predicted molar refractivity (Wildman–Crippen MR) is 61.4 cm³/mol. The van der Waals surface area contributed by atoms with Gasteiger partial charge in [0.2, 0.25) is 0 Å². The van der Waals surface area contributed by atoms with Crippen LogP contribution in [-0.4, -0.2) is 12.9 Å². The van der Waals surface area contributed by atoms with Gasteiger partial charge in [0.15, 0.2) is 5.78 Å². The lowest BCUT2D eigenvalue weighted by molar-refractivity contribution is 0.103. The number of hydrogen-bond acceptors (Lipinski definition) is 2. The van der Waals surface area contributed by atoms with Crippen LogP contribution in [0.1, 0.15) is 30.6 Å². The molecule has 0 aliphatic rings. The maximum atomic E-state index is 11.9. The Hall–Kier alpha value is -1.57. The first kappa shape index (κ1) is 11.5. The highest BCUT2D eigenvalue weighted by molar-refractivity contribution is 6.08. The van der Waals surface area contributed by atoms with Crippen LogP contribution < -0.4 is 4.74 Å². The minimum atomic E-state index is 0.0997. The van der Waals surface area contributed by atoms with Crippen LogP contribution in [0.2, 0.25) is 0 Å². The van der Waals surface area contributed by atoms with Gasteiger partial charge in [0, 0.05) is 5.56 Å². The molecule has 1 rings (SSSR count). The van der Waals surface area contributed by atoms with Gasteiger partial charge in [-0.15, -0.1) is 0 Å². The van der Waals surface area contributed by atoms with Crippen molar-refractivity contribution in [2.75, 3.05) is 7.11 Å². The molecule has 0 aliphatic carbocycles. The van der Waals surface area contributed by atoms with Crippen LogP contribution in [0.3, 0.4) is 0 Å². The first-order chi connectivity index (χ1) is 7.22. The minimum absolute atomic E-state index is 0.0997. The summed E-state index contributed by atoms with van der Waals surface area (Å²) in [6.07, 6.45) is 2.63. The molecule has 2 heteroatoms. The van der Waals surface area contributed by atoms with Crippen molar-refractivity contribution >= 4 is 5.78 Å². The van der Waals surface area contributed by atoms with Gasteiger partial charge in [0.05, 0.1) is 7.11 Å². The van der Waals surface area contributed by atoms with Crippen LogP contribution in [0.25, 0.3) is 0 Å². The minimum Gasteiger partial charge on any atom is -0.497 e. The summed E-state index contributed by atoms with van der Waals surface area (Å²) in [4.78, 5) is 11.9. The standard InChI is InChI=1S/C13H16O2/c1-4-10(5-2)13(14)11-6-8-12(15-3)9-7-11/h4,6-9H,5H2,1-3H3/b10-4-. The van der Waals surface area contributed by atoms with E-state index in [0.717, 1.165) is 17.7 Å². The number of carbonyl (C=O) groups excluding carboxylic acids is 1. The summed E-state index contributed by atoms with van der Waals surface area (Å²) in [6, 6.07) is 7.19. The first-order valence-electron chi connectivity index (χ1n) is 5.06. The molecule has 80 valence electrons. The Labute approximate surface area is 90.6 Å². The average molecular weight is 204 g/mol. The van der Waals surface area contributed by atoms with Crippen LogP contribution >= 0.6 is 0 Å². The second kappa shape index (κ2) is 5.35. The normalized spacial score (nSPS) is 11.3. The van der Waals surface area contributed by atoms with Gasteiger partial charge in [-0.2, -0.15) is 0 Å². The van der Waals surface area contributed by atoms with Crippen molar-refractivity contribution in [1.29, 1.82) is 0 Å². The number of Topliss-reactive ketones (excluding diaryl/α,β-unsaturated/α-hetero) is 1. The van der Waals surface area contributed by atoms with Crippen molar-refractivity contribution in [3.63, 3.8) is 0 Å². The fraction of sp³-hybridized carbons (Fsp3) is 0.308. The molecule has 15 heavy (non-hydrogen) atoms. The number of ketones is 1. The number of rotatable bonds is 4. The lowest BCUT2D eigenvalue weighted by Gasteiger charge is -2.04. The Morgan fingerprint density at radius 2 is 1.93 bits per heavy atom. The molecular formula is C13H16O2. The zero-order valence-electron chi connectivity index (χ0n) is 9.41. The van der Waals surface area contributed by atoms with E-state index in [1.54, 1.807) is 31.4 Å². The van der Waals surface area contributed by atoms with Gasteiger partial charge >= 0.3 is 0 Å². The summed E-state index contributed by atoms with van der Waals surface area (Å²) in [7, 11) is 1.61. The Bertz CT molecular complexity index is 361. The van der Waals surface area contributed by atoms with Gasteiger partial charge in [0.25, 0.3) is 0 Å². The van der Waals surface area contributed by atoms with Crippen LogP contribution in [-0.2, 0) is 0 Å². The third kappa shape index (κ3) is 2.69. The van der Waals surface area contributed by atoms with E-state index in [1.165, 1.54) is 0 Å². The Morgan fingerprint density at radius 3 is 2.33 bits per heavy atom. The second-order valence-electron chi connectivity index (χ2n) is 3.23. The molecule has 0 amide bonds. The number of benzene rings is 1. The van der Waals surface area contributed by atoms with Gasteiger partial charge in [-0.1, -0.05) is 13.0 Å². The largest absolute Gasteiger partial charge is 0.497 e. The maximum absolute atomic E-state index is 11.9. The van der Waals surface area contributed by atoms with Gasteiger partial charge in [0.1, 0.15) is 5.75 Å². The summed E-state index contributed by atoms with van der Waals surface area (Å²) in [5.74, 6) is 0.868. The molecule has 0 heterocycles. The zero-order valence-corrected chi connectivity index (χ0v) is 9.41. The molecular weight excluding hydrogens is 188 g/mol. The van der Waals surface area contributed by atoms with Crippen LogP contribution in [0, 0.1) is 0 Å². The topological polar surface area (TPSA) is 26.3 Å². The van der Waals surface area contributed by atoms with Crippen molar-refractivity contribution in [2.45, 2.75) is 20.3 Å². The van der Waals surface area contributed by atoms with E-state index in [0.29, 0.717) is 5.56 Å². The van der Waals surface area contributed by atoms with Gasteiger partial charge < -0.3 is 4.74 Å². The molecule has 0 aliphatic heterocycles. The highest BCUT2D eigenvalue weighted by Crippen LogP contribution is 2.15.